The zero-order valence-electron chi connectivity index (χ0n) is 18.4. The Bertz CT molecular complexity index is 1090. The molecule has 4 atom stereocenters. The van der Waals surface area contributed by atoms with E-state index in [0.29, 0.717) is 54.3 Å². The molecular formula is C22H29N7O4. The molecule has 2 aromatic heterocycles. The lowest BCUT2D eigenvalue weighted by atomic mass is 9.85. The fourth-order valence-corrected chi connectivity index (χ4v) is 4.12. The van der Waals surface area contributed by atoms with E-state index in [1.165, 1.54) is 6.33 Å². The summed E-state index contributed by atoms with van der Waals surface area (Å²) in [5, 5.41) is 27.4. The number of nitrogens with one attached hydrogen (secondary N) is 2. The monoisotopic (exact) mass is 455 g/mol. The van der Waals surface area contributed by atoms with Crippen molar-refractivity contribution in [3.8, 4) is 5.75 Å². The number of carbonyl (C=O) groups is 1. The number of fused-ring (bicyclic) bond motifs is 1. The average Bonchev–Trinajstić information content (AvgIpc) is 3.27. The molecule has 1 saturated carbocycles. The van der Waals surface area contributed by atoms with Crippen molar-refractivity contribution in [1.82, 2.24) is 24.8 Å². The third-order valence-corrected chi connectivity index (χ3v) is 5.93. The van der Waals surface area contributed by atoms with Crippen LogP contribution in [0.15, 0.2) is 36.9 Å². The fourth-order valence-electron chi connectivity index (χ4n) is 4.12. The zero-order valence-corrected chi connectivity index (χ0v) is 18.4. The third-order valence-electron chi connectivity index (χ3n) is 5.93. The molecule has 0 unspecified atom stereocenters. The number of hydrogen-bond donors (Lipinski definition) is 5. The maximum atomic E-state index is 12.7. The summed E-state index contributed by atoms with van der Waals surface area (Å²) in [7, 11) is 1.75. The first-order chi connectivity index (χ1) is 16.0. The van der Waals surface area contributed by atoms with Gasteiger partial charge >= 0.3 is 0 Å². The van der Waals surface area contributed by atoms with Crippen LogP contribution in [0.2, 0.25) is 0 Å². The number of aliphatic hydroxyl groups excluding tert-OH is 2. The zero-order chi connectivity index (χ0) is 23.4. The number of benzene rings is 1. The van der Waals surface area contributed by atoms with Crippen molar-refractivity contribution in [2.24, 2.45) is 5.73 Å². The maximum Gasteiger partial charge on any atom is 0.251 e. The fraction of sp³-hybridized carbons (Fsp3) is 0.455. The molecule has 0 radical (unpaired) electrons. The number of nitrogens with zero attached hydrogens (tertiary/aromatic N) is 4. The van der Waals surface area contributed by atoms with E-state index in [-0.39, 0.29) is 5.91 Å². The molecule has 1 amide bonds. The highest BCUT2D eigenvalue weighted by molar-refractivity contribution is 5.94. The molecule has 0 saturated heterocycles. The van der Waals surface area contributed by atoms with E-state index in [0.717, 1.165) is 6.42 Å². The van der Waals surface area contributed by atoms with Gasteiger partial charge in [-0.05, 0) is 50.1 Å². The molecule has 0 aliphatic heterocycles. The van der Waals surface area contributed by atoms with Crippen molar-refractivity contribution in [2.75, 3.05) is 25.5 Å². The molecule has 11 heteroatoms. The van der Waals surface area contributed by atoms with Crippen LogP contribution >= 0.6 is 0 Å². The number of ether oxygens (including phenoxy) is 1. The topological polar surface area (TPSA) is 160 Å². The number of hydrogen-bond acceptors (Lipinski definition) is 9. The maximum absolute atomic E-state index is 12.7. The lowest BCUT2D eigenvalue weighted by Gasteiger charge is -2.38. The second-order valence-electron chi connectivity index (χ2n) is 8.02. The van der Waals surface area contributed by atoms with E-state index in [1.807, 2.05) is 0 Å². The standard InChI is InChI=1S/C22H29N7O4/c1-24-20-17-21(26-11-25-20)29(12-27-17)16-8-7-15(18(30)19(16)31)28-22(32)13-3-5-14(6-4-13)33-10-2-9-23/h3-6,11-12,15-16,18-19,30-31H,2,7-10,23H2,1H3,(H,28,32)(H,24,25,26)/t15-,16-,18+,19+/m1/s1. The summed E-state index contributed by atoms with van der Waals surface area (Å²) >= 11 is 0. The molecule has 3 aromatic rings. The Morgan fingerprint density at radius 3 is 2.70 bits per heavy atom. The Morgan fingerprint density at radius 2 is 1.97 bits per heavy atom. The highest BCUT2D eigenvalue weighted by Gasteiger charge is 2.39. The summed E-state index contributed by atoms with van der Waals surface area (Å²) in [5.41, 5.74) is 7.06. The van der Waals surface area contributed by atoms with Gasteiger partial charge in [-0.15, -0.1) is 0 Å². The molecule has 0 bridgehead atoms. The minimum Gasteiger partial charge on any atom is -0.494 e. The summed E-state index contributed by atoms with van der Waals surface area (Å²) in [6.07, 6.45) is 2.54. The molecule has 1 aromatic carbocycles. The van der Waals surface area contributed by atoms with E-state index in [2.05, 4.69) is 25.6 Å². The molecule has 4 rings (SSSR count). The summed E-state index contributed by atoms with van der Waals surface area (Å²) in [4.78, 5) is 25.5. The van der Waals surface area contributed by atoms with Gasteiger partial charge in [0.2, 0.25) is 0 Å². The number of nitrogens with two attached hydrogens (primary N) is 1. The van der Waals surface area contributed by atoms with Gasteiger partial charge in [0, 0.05) is 12.6 Å². The van der Waals surface area contributed by atoms with E-state index in [1.54, 1.807) is 42.2 Å². The smallest absolute Gasteiger partial charge is 0.251 e. The van der Waals surface area contributed by atoms with Crippen LogP contribution in [0.5, 0.6) is 5.75 Å². The highest BCUT2D eigenvalue weighted by Crippen LogP contribution is 2.32. The molecule has 0 spiro atoms. The second-order valence-corrected chi connectivity index (χ2v) is 8.02. The SMILES string of the molecule is CNc1ncnc2c1ncn2[C@@H]1CC[C@@H](NC(=O)c2ccc(OCCCN)cc2)[C@H](O)[C@H]1O. The van der Waals surface area contributed by atoms with Crippen LogP contribution in [0, 0.1) is 0 Å². The van der Waals surface area contributed by atoms with Crippen LogP contribution in [0.25, 0.3) is 11.2 Å². The van der Waals surface area contributed by atoms with Crippen LogP contribution in [0.1, 0.15) is 35.7 Å². The normalized spacial score (nSPS) is 22.8. The highest BCUT2D eigenvalue weighted by atomic mass is 16.5. The van der Waals surface area contributed by atoms with E-state index < -0.39 is 24.3 Å². The van der Waals surface area contributed by atoms with Crippen LogP contribution in [-0.4, -0.2) is 74.1 Å². The van der Waals surface area contributed by atoms with Crippen molar-refractivity contribution >= 4 is 22.9 Å². The number of rotatable bonds is 8. The Hall–Kier alpha value is -3.28. The minimum absolute atomic E-state index is 0.322. The second kappa shape index (κ2) is 10.1. The van der Waals surface area contributed by atoms with Gasteiger partial charge in [-0.2, -0.15) is 0 Å². The number of anilines is 1. The summed E-state index contributed by atoms with van der Waals surface area (Å²) < 4.78 is 7.31. The Morgan fingerprint density at radius 1 is 1.18 bits per heavy atom. The Labute approximate surface area is 191 Å². The van der Waals surface area contributed by atoms with Gasteiger partial charge in [0.05, 0.1) is 25.0 Å². The molecule has 1 fully saturated rings. The number of aliphatic hydroxyl groups is 2. The van der Waals surface area contributed by atoms with Gasteiger partial charge in [-0.3, -0.25) is 4.79 Å². The Balaban J connectivity index is 1.41. The molecule has 33 heavy (non-hydrogen) atoms. The van der Waals surface area contributed by atoms with Gasteiger partial charge in [0.1, 0.15) is 29.8 Å². The first kappa shape index (κ1) is 22.9. The summed E-state index contributed by atoms with van der Waals surface area (Å²) in [6.45, 7) is 1.07. The molecular weight excluding hydrogens is 426 g/mol. The van der Waals surface area contributed by atoms with E-state index in [9.17, 15) is 15.0 Å². The number of amides is 1. The van der Waals surface area contributed by atoms with E-state index >= 15 is 0 Å². The lowest BCUT2D eigenvalue weighted by molar-refractivity contribution is -0.0552. The predicted molar refractivity (Wildman–Crippen MR) is 122 cm³/mol. The molecule has 1 aliphatic carbocycles. The largest absolute Gasteiger partial charge is 0.494 e. The molecule has 6 N–H and O–H groups in total. The van der Waals surface area contributed by atoms with Crippen LogP contribution < -0.4 is 21.1 Å². The quantitative estimate of drug-likeness (QED) is 0.304. The van der Waals surface area contributed by atoms with Gasteiger partial charge in [-0.25, -0.2) is 15.0 Å². The number of aromatic nitrogens is 4. The van der Waals surface area contributed by atoms with Gasteiger partial charge in [-0.1, -0.05) is 0 Å². The van der Waals surface area contributed by atoms with Crippen molar-refractivity contribution in [3.63, 3.8) is 0 Å². The molecule has 11 nitrogen and oxygen atoms in total. The van der Waals surface area contributed by atoms with Crippen molar-refractivity contribution in [2.45, 2.75) is 43.6 Å². The number of carbonyl (C=O) groups excluding carboxylic acids is 1. The van der Waals surface area contributed by atoms with Gasteiger partial charge < -0.3 is 35.9 Å². The van der Waals surface area contributed by atoms with Gasteiger partial charge in [0.25, 0.3) is 5.91 Å². The number of imidazole rings is 1. The van der Waals surface area contributed by atoms with Crippen LogP contribution in [-0.2, 0) is 0 Å². The first-order valence-corrected chi connectivity index (χ1v) is 11.0. The predicted octanol–water partition coefficient (Wildman–Crippen LogP) is 0.451. The average molecular weight is 456 g/mol. The molecule has 2 heterocycles. The Kier molecular flexibility index (Phi) is 7.02. The summed E-state index contributed by atoms with van der Waals surface area (Å²) in [5.74, 6) is 0.928. The summed E-state index contributed by atoms with van der Waals surface area (Å²) in [6, 6.07) is 5.76. The lowest BCUT2D eigenvalue weighted by Crippen LogP contribution is -2.54. The minimum atomic E-state index is -1.14. The first-order valence-electron chi connectivity index (χ1n) is 11.0. The van der Waals surface area contributed by atoms with E-state index in [4.69, 9.17) is 10.5 Å². The third kappa shape index (κ3) is 4.75. The van der Waals surface area contributed by atoms with Crippen molar-refractivity contribution in [1.29, 1.82) is 0 Å². The van der Waals surface area contributed by atoms with Crippen molar-refractivity contribution < 1.29 is 19.7 Å². The molecule has 176 valence electrons. The van der Waals surface area contributed by atoms with Crippen LogP contribution in [0.4, 0.5) is 5.82 Å². The van der Waals surface area contributed by atoms with Crippen LogP contribution in [0.3, 0.4) is 0 Å². The van der Waals surface area contributed by atoms with Gasteiger partial charge in [0.15, 0.2) is 11.5 Å². The van der Waals surface area contributed by atoms with Crippen molar-refractivity contribution in [3.05, 3.63) is 42.5 Å². The molecule has 1 aliphatic rings.